The normalized spacial score (nSPS) is 22.6. The van der Waals surface area contributed by atoms with Gasteiger partial charge in [-0.1, -0.05) is 0 Å². The maximum atomic E-state index is 13.6. The number of nitrogens with zero attached hydrogens (tertiary/aromatic N) is 4. The molecule has 2 atom stereocenters. The van der Waals surface area contributed by atoms with Crippen LogP contribution in [0.3, 0.4) is 0 Å². The minimum absolute atomic E-state index is 0.0238. The molecule has 0 spiro atoms. The molecule has 0 aliphatic carbocycles. The number of hydrogen-bond acceptors (Lipinski definition) is 8. The predicted molar refractivity (Wildman–Crippen MR) is 145 cm³/mol. The lowest BCUT2D eigenvalue weighted by Gasteiger charge is -2.40. The molecule has 2 aliphatic rings. The van der Waals surface area contributed by atoms with Crippen LogP contribution in [0, 0.1) is 12.7 Å². The topological polar surface area (TPSA) is 111 Å². The van der Waals surface area contributed by atoms with Crippen LogP contribution in [-0.4, -0.2) is 77.2 Å². The predicted octanol–water partition coefficient (Wildman–Crippen LogP) is 3.97. The van der Waals surface area contributed by atoms with Crippen molar-refractivity contribution in [3.63, 3.8) is 0 Å². The Balaban J connectivity index is 1.23. The third-order valence-electron chi connectivity index (χ3n) is 7.09. The zero-order valence-electron chi connectivity index (χ0n) is 21.6. The molecular formula is C27H32F2N6O3S. The molecule has 0 amide bonds. The molecule has 1 aromatic heterocycles. The van der Waals surface area contributed by atoms with Crippen molar-refractivity contribution in [1.82, 2.24) is 19.2 Å². The van der Waals surface area contributed by atoms with Gasteiger partial charge in [0, 0.05) is 50.3 Å². The Morgan fingerprint density at radius 3 is 2.59 bits per heavy atom. The molecule has 3 N–H and O–H groups in total. The van der Waals surface area contributed by atoms with E-state index in [4.69, 9.17) is 0 Å². The van der Waals surface area contributed by atoms with Crippen LogP contribution in [0.2, 0.25) is 0 Å². The first-order valence-corrected chi connectivity index (χ1v) is 14.4. The molecule has 0 radical (unpaired) electrons. The minimum atomic E-state index is -3.83. The number of rotatable bonds is 8. The Hall–Kier alpha value is -3.19. The molecule has 2 fully saturated rings. The molecule has 12 heteroatoms. The number of anilines is 4. The van der Waals surface area contributed by atoms with Crippen molar-refractivity contribution in [3.8, 4) is 0 Å². The number of sulfonamides is 1. The third kappa shape index (κ3) is 6.52. The molecule has 9 nitrogen and oxygen atoms in total. The summed E-state index contributed by atoms with van der Waals surface area (Å²) in [7, 11) is -3.83. The fourth-order valence-electron chi connectivity index (χ4n) is 5.10. The lowest BCUT2D eigenvalue weighted by Crippen LogP contribution is -2.55. The van der Waals surface area contributed by atoms with E-state index in [2.05, 4.69) is 20.6 Å². The smallest absolute Gasteiger partial charge is 0.243 e. The second-order valence-corrected chi connectivity index (χ2v) is 12.2. The first kappa shape index (κ1) is 27.4. The number of nitrogens with one attached hydrogen (secondary N) is 2. The van der Waals surface area contributed by atoms with Crippen molar-refractivity contribution >= 4 is 33.2 Å². The Kier molecular flexibility index (Phi) is 7.81. The van der Waals surface area contributed by atoms with Gasteiger partial charge in [-0.2, -0.15) is 9.29 Å². The number of piperidine rings is 1. The van der Waals surface area contributed by atoms with Gasteiger partial charge in [-0.15, -0.1) is 0 Å². The molecular weight excluding hydrogens is 526 g/mol. The highest BCUT2D eigenvalue weighted by molar-refractivity contribution is 7.89. The molecule has 3 heterocycles. The van der Waals surface area contributed by atoms with Gasteiger partial charge in [0.1, 0.15) is 17.8 Å². The van der Waals surface area contributed by atoms with Gasteiger partial charge in [-0.05, 0) is 80.3 Å². The first-order chi connectivity index (χ1) is 18.6. The van der Waals surface area contributed by atoms with Crippen LogP contribution in [0.25, 0.3) is 0 Å². The number of alkyl halides is 1. The quantitative estimate of drug-likeness (QED) is 0.381. The van der Waals surface area contributed by atoms with E-state index in [0.717, 1.165) is 0 Å². The Morgan fingerprint density at radius 1 is 1.10 bits per heavy atom. The number of aliphatic hydroxyl groups is 1. The summed E-state index contributed by atoms with van der Waals surface area (Å²) in [6, 6.07) is 12.6. The SMILES string of the molecule is Cc1cc(Nc2ccnc(Nc3ccc(S(=O)(=O)N4CCCC(O)(CN5CC[C@H](F)C5)C4)cc3)n2)ccc1F. The van der Waals surface area contributed by atoms with Crippen molar-refractivity contribution in [3.05, 3.63) is 66.1 Å². The largest absolute Gasteiger partial charge is 0.387 e. The van der Waals surface area contributed by atoms with Crippen LogP contribution < -0.4 is 10.6 Å². The Morgan fingerprint density at radius 2 is 1.87 bits per heavy atom. The molecule has 2 aliphatic heterocycles. The second-order valence-electron chi connectivity index (χ2n) is 10.3. The van der Waals surface area contributed by atoms with Crippen molar-refractivity contribution in [2.45, 2.75) is 42.9 Å². The van der Waals surface area contributed by atoms with E-state index >= 15 is 0 Å². The zero-order valence-corrected chi connectivity index (χ0v) is 22.5. The van der Waals surface area contributed by atoms with E-state index in [1.807, 2.05) is 4.90 Å². The average Bonchev–Trinajstić information content (AvgIpc) is 3.30. The van der Waals surface area contributed by atoms with Crippen molar-refractivity contribution < 1.29 is 22.3 Å². The number of benzene rings is 2. The number of aromatic nitrogens is 2. The molecule has 3 aromatic rings. The van der Waals surface area contributed by atoms with Crippen LogP contribution in [0.15, 0.2) is 59.6 Å². The second kappa shape index (κ2) is 11.1. The maximum Gasteiger partial charge on any atom is 0.243 e. The van der Waals surface area contributed by atoms with E-state index in [1.54, 1.807) is 43.5 Å². The number of halogens is 2. The minimum Gasteiger partial charge on any atom is -0.387 e. The highest BCUT2D eigenvalue weighted by Gasteiger charge is 2.41. The van der Waals surface area contributed by atoms with Crippen molar-refractivity contribution in [2.24, 2.45) is 0 Å². The summed E-state index contributed by atoms with van der Waals surface area (Å²) >= 11 is 0. The third-order valence-corrected chi connectivity index (χ3v) is 8.95. The summed E-state index contributed by atoms with van der Waals surface area (Å²) in [5.74, 6) is 0.518. The monoisotopic (exact) mass is 558 g/mol. The number of aryl methyl sites for hydroxylation is 1. The van der Waals surface area contributed by atoms with Gasteiger partial charge in [0.25, 0.3) is 0 Å². The van der Waals surface area contributed by atoms with Gasteiger partial charge in [-0.25, -0.2) is 22.2 Å². The first-order valence-electron chi connectivity index (χ1n) is 12.9. The van der Waals surface area contributed by atoms with E-state index < -0.39 is 21.8 Å². The number of hydrogen-bond donors (Lipinski definition) is 3. The van der Waals surface area contributed by atoms with Crippen molar-refractivity contribution in [2.75, 3.05) is 43.4 Å². The van der Waals surface area contributed by atoms with Crippen LogP contribution >= 0.6 is 0 Å². The van der Waals surface area contributed by atoms with Crippen LogP contribution in [0.1, 0.15) is 24.8 Å². The fraction of sp³-hybridized carbons (Fsp3) is 0.407. The summed E-state index contributed by atoms with van der Waals surface area (Å²) in [5.41, 5.74) is 0.580. The number of likely N-dealkylation sites (tertiary alicyclic amines) is 1. The summed E-state index contributed by atoms with van der Waals surface area (Å²) in [6.07, 6.45) is 2.12. The van der Waals surface area contributed by atoms with Crippen LogP contribution in [0.4, 0.5) is 31.9 Å². The van der Waals surface area contributed by atoms with E-state index in [0.29, 0.717) is 61.1 Å². The Bertz CT molecular complexity index is 1430. The van der Waals surface area contributed by atoms with Gasteiger partial charge in [-0.3, -0.25) is 4.90 Å². The van der Waals surface area contributed by atoms with Gasteiger partial charge in [0.15, 0.2) is 0 Å². The summed E-state index contributed by atoms with van der Waals surface area (Å²) < 4.78 is 55.2. The van der Waals surface area contributed by atoms with E-state index in [-0.39, 0.29) is 30.3 Å². The molecule has 208 valence electrons. The lowest BCUT2D eigenvalue weighted by molar-refractivity contribution is -0.0313. The fourth-order valence-corrected chi connectivity index (χ4v) is 6.66. The lowest BCUT2D eigenvalue weighted by atomic mass is 9.93. The molecule has 2 aromatic carbocycles. The van der Waals surface area contributed by atoms with E-state index in [9.17, 15) is 22.3 Å². The molecule has 39 heavy (non-hydrogen) atoms. The highest BCUT2D eigenvalue weighted by Crippen LogP contribution is 2.29. The highest BCUT2D eigenvalue weighted by atomic mass is 32.2. The Labute approximate surface area is 226 Å². The summed E-state index contributed by atoms with van der Waals surface area (Å²) in [5, 5.41) is 17.3. The molecule has 2 saturated heterocycles. The van der Waals surface area contributed by atoms with Crippen molar-refractivity contribution in [1.29, 1.82) is 0 Å². The van der Waals surface area contributed by atoms with E-state index in [1.165, 1.54) is 22.5 Å². The molecule has 0 saturated carbocycles. The average molecular weight is 559 g/mol. The van der Waals surface area contributed by atoms with Gasteiger partial charge < -0.3 is 15.7 Å². The van der Waals surface area contributed by atoms with Gasteiger partial charge in [0.05, 0.1) is 10.5 Å². The van der Waals surface area contributed by atoms with Crippen LogP contribution in [0.5, 0.6) is 0 Å². The molecule has 5 rings (SSSR count). The summed E-state index contributed by atoms with van der Waals surface area (Å²) in [6.45, 7) is 3.08. The number of β-amino-alcohol motifs (C(OH)–C–C–N with tert-alkyl or cyclic N) is 1. The maximum absolute atomic E-state index is 13.6. The molecule has 1 unspecified atom stereocenters. The van der Waals surface area contributed by atoms with Crippen LogP contribution in [-0.2, 0) is 10.0 Å². The molecule has 0 bridgehead atoms. The standard InChI is InChI=1S/C27H32F2N6O3S/c1-19-15-22(5-8-24(19)29)31-25-9-12-30-26(33-25)32-21-3-6-23(7-4-21)39(37,38)35-13-2-11-27(36,18-35)17-34-14-10-20(28)16-34/h3-9,12,15,20,36H,2,10-11,13-14,16-18H2,1H3,(H2,30,31,32,33)/t20-,27?/m0/s1. The van der Waals surface area contributed by atoms with Gasteiger partial charge in [0.2, 0.25) is 16.0 Å². The zero-order chi connectivity index (χ0) is 27.6. The van der Waals surface area contributed by atoms with Gasteiger partial charge >= 0.3 is 0 Å². The summed E-state index contributed by atoms with van der Waals surface area (Å²) in [4.78, 5) is 10.6.